The molecule has 1 saturated heterocycles. The number of aromatic nitrogens is 2. The number of piperazine rings is 1. The van der Waals surface area contributed by atoms with Gasteiger partial charge in [0.05, 0.1) is 0 Å². The molecule has 1 aromatic rings. The highest BCUT2D eigenvalue weighted by molar-refractivity contribution is 5.00. The number of hydrogen-bond acceptors (Lipinski definition) is 3. The third-order valence-electron chi connectivity index (χ3n) is 5.56. The Morgan fingerprint density at radius 2 is 2.14 bits per heavy atom. The zero-order valence-electron chi connectivity index (χ0n) is 13.6. The zero-order valence-corrected chi connectivity index (χ0v) is 13.6. The normalized spacial score (nSPS) is 26.3. The summed E-state index contributed by atoms with van der Waals surface area (Å²) in [6, 6.07) is 0.692. The Kier molecular flexibility index (Phi) is 4.65. The molecule has 1 unspecified atom stereocenters. The second kappa shape index (κ2) is 6.49. The zero-order chi connectivity index (χ0) is 14.7. The van der Waals surface area contributed by atoms with E-state index in [0.29, 0.717) is 11.6 Å². The molecule has 1 aliphatic heterocycles. The van der Waals surface area contributed by atoms with Crippen LogP contribution >= 0.6 is 0 Å². The van der Waals surface area contributed by atoms with E-state index < -0.39 is 0 Å². The van der Waals surface area contributed by atoms with Gasteiger partial charge in [-0.05, 0) is 19.3 Å². The maximum atomic E-state index is 4.48. The summed E-state index contributed by atoms with van der Waals surface area (Å²) in [6.45, 7) is 5.86. The van der Waals surface area contributed by atoms with Crippen LogP contribution in [0, 0.1) is 0 Å². The average Bonchev–Trinajstić information content (AvgIpc) is 2.91. The van der Waals surface area contributed by atoms with Crippen LogP contribution in [0.1, 0.15) is 51.3 Å². The van der Waals surface area contributed by atoms with Gasteiger partial charge in [0.1, 0.15) is 5.82 Å². The van der Waals surface area contributed by atoms with Gasteiger partial charge in [-0.3, -0.25) is 4.90 Å². The third-order valence-corrected chi connectivity index (χ3v) is 5.56. The molecule has 1 saturated carbocycles. The van der Waals surface area contributed by atoms with Crippen molar-refractivity contribution in [3.63, 3.8) is 0 Å². The van der Waals surface area contributed by atoms with E-state index in [1.165, 1.54) is 50.9 Å². The van der Waals surface area contributed by atoms with Gasteiger partial charge in [0.2, 0.25) is 0 Å². The molecule has 1 aromatic heterocycles. The minimum Gasteiger partial charge on any atom is -0.338 e. The highest BCUT2D eigenvalue weighted by Crippen LogP contribution is 2.32. The largest absolute Gasteiger partial charge is 0.338 e. The Balaban J connectivity index is 1.63. The van der Waals surface area contributed by atoms with E-state index in [4.69, 9.17) is 0 Å². The summed E-state index contributed by atoms with van der Waals surface area (Å²) in [5, 5.41) is 3.91. The summed E-state index contributed by atoms with van der Waals surface area (Å²) >= 11 is 0. The molecule has 1 N–H and O–H groups in total. The van der Waals surface area contributed by atoms with E-state index >= 15 is 0 Å². The van der Waals surface area contributed by atoms with Crippen LogP contribution in [0.3, 0.4) is 0 Å². The van der Waals surface area contributed by atoms with E-state index in [2.05, 4.69) is 33.7 Å². The Morgan fingerprint density at radius 3 is 2.81 bits per heavy atom. The first kappa shape index (κ1) is 15.0. The summed E-state index contributed by atoms with van der Waals surface area (Å²) in [7, 11) is 2.10. The molecule has 2 fully saturated rings. The molecular weight excluding hydrogens is 260 g/mol. The maximum absolute atomic E-state index is 4.48. The number of hydrogen-bond donors (Lipinski definition) is 1. The molecule has 0 radical (unpaired) electrons. The molecule has 3 rings (SSSR count). The standard InChI is InChI=1S/C17H30N4/c1-3-15-13-19-17(8-5-4-6-9-17)14-21(15)11-7-16-18-10-12-20(16)2/h10,12,15,19H,3-9,11,13-14H2,1-2H3. The topological polar surface area (TPSA) is 33.1 Å². The lowest BCUT2D eigenvalue weighted by Gasteiger charge is -2.49. The molecule has 1 atom stereocenters. The second-order valence-electron chi connectivity index (χ2n) is 6.96. The Morgan fingerprint density at radius 1 is 1.33 bits per heavy atom. The van der Waals surface area contributed by atoms with Crippen molar-refractivity contribution < 1.29 is 0 Å². The molecular formula is C17H30N4. The molecule has 21 heavy (non-hydrogen) atoms. The first-order valence-electron chi connectivity index (χ1n) is 8.68. The molecule has 0 aromatic carbocycles. The van der Waals surface area contributed by atoms with E-state index in [-0.39, 0.29) is 0 Å². The number of nitrogens with one attached hydrogen (secondary N) is 1. The summed E-state index contributed by atoms with van der Waals surface area (Å²) in [5.41, 5.74) is 0.408. The quantitative estimate of drug-likeness (QED) is 0.924. The summed E-state index contributed by atoms with van der Waals surface area (Å²) in [6.07, 6.45) is 13.2. The van der Waals surface area contributed by atoms with Gasteiger partial charge in [0.25, 0.3) is 0 Å². The van der Waals surface area contributed by atoms with Crippen LogP contribution in [0.4, 0.5) is 0 Å². The van der Waals surface area contributed by atoms with Crippen LogP contribution in [0.2, 0.25) is 0 Å². The van der Waals surface area contributed by atoms with Gasteiger partial charge in [-0.15, -0.1) is 0 Å². The van der Waals surface area contributed by atoms with Crippen LogP contribution in [-0.2, 0) is 13.5 Å². The third kappa shape index (κ3) is 3.32. The van der Waals surface area contributed by atoms with Crippen molar-refractivity contribution in [3.05, 3.63) is 18.2 Å². The van der Waals surface area contributed by atoms with Crippen LogP contribution in [-0.4, -0.2) is 45.7 Å². The van der Waals surface area contributed by atoms with E-state index in [0.717, 1.165) is 19.5 Å². The molecule has 4 heteroatoms. The highest BCUT2D eigenvalue weighted by atomic mass is 15.3. The number of rotatable bonds is 4. The van der Waals surface area contributed by atoms with Crippen molar-refractivity contribution in [1.29, 1.82) is 0 Å². The van der Waals surface area contributed by atoms with Crippen molar-refractivity contribution in [1.82, 2.24) is 19.8 Å². The molecule has 2 heterocycles. The number of nitrogens with zero attached hydrogens (tertiary/aromatic N) is 3. The maximum Gasteiger partial charge on any atom is 0.109 e. The van der Waals surface area contributed by atoms with Crippen molar-refractivity contribution in [2.45, 2.75) is 63.5 Å². The minimum absolute atomic E-state index is 0.408. The van der Waals surface area contributed by atoms with Gasteiger partial charge in [0, 0.05) is 57.1 Å². The van der Waals surface area contributed by atoms with Gasteiger partial charge in [-0.1, -0.05) is 26.2 Å². The van der Waals surface area contributed by atoms with Gasteiger partial charge >= 0.3 is 0 Å². The Hall–Kier alpha value is -0.870. The van der Waals surface area contributed by atoms with Gasteiger partial charge in [0.15, 0.2) is 0 Å². The minimum atomic E-state index is 0.408. The van der Waals surface area contributed by atoms with Crippen LogP contribution in [0.25, 0.3) is 0 Å². The summed E-state index contributed by atoms with van der Waals surface area (Å²) < 4.78 is 2.15. The molecule has 118 valence electrons. The van der Waals surface area contributed by atoms with Crippen molar-refractivity contribution in [3.8, 4) is 0 Å². The Labute approximate surface area is 128 Å². The molecule has 4 nitrogen and oxygen atoms in total. The van der Waals surface area contributed by atoms with Crippen LogP contribution < -0.4 is 5.32 Å². The molecule has 1 aliphatic carbocycles. The molecule has 0 bridgehead atoms. The predicted molar refractivity (Wildman–Crippen MR) is 86.4 cm³/mol. The van der Waals surface area contributed by atoms with Crippen LogP contribution in [0.15, 0.2) is 12.4 Å². The summed E-state index contributed by atoms with van der Waals surface area (Å²) in [5.74, 6) is 1.21. The fraction of sp³-hybridized carbons (Fsp3) is 0.824. The smallest absolute Gasteiger partial charge is 0.109 e. The lowest BCUT2D eigenvalue weighted by Crippen LogP contribution is -2.64. The molecule has 1 spiro atoms. The second-order valence-corrected chi connectivity index (χ2v) is 6.96. The Bertz CT molecular complexity index is 447. The first-order chi connectivity index (χ1) is 10.2. The van der Waals surface area contributed by atoms with E-state index in [1.54, 1.807) is 0 Å². The van der Waals surface area contributed by atoms with E-state index in [1.807, 2.05) is 12.4 Å². The van der Waals surface area contributed by atoms with Gasteiger partial charge in [-0.2, -0.15) is 0 Å². The fourth-order valence-corrected chi connectivity index (χ4v) is 4.15. The average molecular weight is 290 g/mol. The fourth-order valence-electron chi connectivity index (χ4n) is 4.15. The monoisotopic (exact) mass is 290 g/mol. The van der Waals surface area contributed by atoms with Gasteiger partial charge in [-0.25, -0.2) is 4.98 Å². The van der Waals surface area contributed by atoms with Crippen molar-refractivity contribution >= 4 is 0 Å². The van der Waals surface area contributed by atoms with Crippen molar-refractivity contribution in [2.75, 3.05) is 19.6 Å². The first-order valence-corrected chi connectivity index (χ1v) is 8.68. The predicted octanol–water partition coefficient (Wildman–Crippen LogP) is 2.35. The lowest BCUT2D eigenvalue weighted by atomic mass is 9.79. The van der Waals surface area contributed by atoms with Crippen LogP contribution in [0.5, 0.6) is 0 Å². The SMILES string of the molecule is CCC1CNC2(CCCCC2)CN1CCc1nccn1C. The number of aryl methyl sites for hydroxylation is 1. The van der Waals surface area contributed by atoms with Gasteiger partial charge < -0.3 is 9.88 Å². The molecule has 2 aliphatic rings. The number of imidazole rings is 1. The molecule has 0 amide bonds. The lowest BCUT2D eigenvalue weighted by molar-refractivity contribution is 0.0544. The van der Waals surface area contributed by atoms with Crippen molar-refractivity contribution in [2.24, 2.45) is 7.05 Å². The summed E-state index contributed by atoms with van der Waals surface area (Å²) in [4.78, 5) is 7.21. The highest BCUT2D eigenvalue weighted by Gasteiger charge is 2.39. The van der Waals surface area contributed by atoms with E-state index in [9.17, 15) is 0 Å².